The average molecular weight is 325 g/mol. The molecule has 0 radical (unpaired) electrons. The number of piperidine rings is 1. The Labute approximate surface area is 141 Å². The highest BCUT2D eigenvalue weighted by molar-refractivity contribution is 5.74. The number of hydrogen-bond acceptors (Lipinski definition) is 3. The van der Waals surface area contributed by atoms with Crippen LogP contribution in [0.15, 0.2) is 0 Å². The Morgan fingerprint density at radius 1 is 1.17 bits per heavy atom. The minimum atomic E-state index is -0.331. The van der Waals surface area contributed by atoms with Crippen LogP contribution in [0.1, 0.15) is 51.9 Å². The van der Waals surface area contributed by atoms with Gasteiger partial charge < -0.3 is 20.2 Å². The second-order valence-electron chi connectivity index (χ2n) is 7.70. The molecule has 0 aromatic carbocycles. The molecule has 23 heavy (non-hydrogen) atoms. The largest absolute Gasteiger partial charge is 0.393 e. The van der Waals surface area contributed by atoms with Crippen LogP contribution in [-0.2, 0) is 0 Å². The highest BCUT2D eigenvalue weighted by atomic mass is 16.3. The summed E-state index contributed by atoms with van der Waals surface area (Å²) >= 11 is 0. The number of carbonyl (C=O) groups is 1. The van der Waals surface area contributed by atoms with Gasteiger partial charge in [0.2, 0.25) is 0 Å². The molecule has 134 valence electrons. The molecule has 3 atom stereocenters. The maximum absolute atomic E-state index is 12.5. The van der Waals surface area contributed by atoms with Crippen LogP contribution >= 0.6 is 0 Å². The average Bonchev–Trinajstić information content (AvgIpc) is 2.55. The predicted molar refractivity (Wildman–Crippen MR) is 93.4 cm³/mol. The number of urea groups is 1. The van der Waals surface area contributed by atoms with Crippen LogP contribution in [0.4, 0.5) is 4.79 Å². The Hall–Kier alpha value is -0.810. The van der Waals surface area contributed by atoms with Gasteiger partial charge in [-0.1, -0.05) is 19.3 Å². The van der Waals surface area contributed by atoms with Crippen molar-refractivity contribution in [3.05, 3.63) is 0 Å². The van der Waals surface area contributed by atoms with Crippen molar-refractivity contribution < 1.29 is 9.90 Å². The normalized spacial score (nSPS) is 26.1. The van der Waals surface area contributed by atoms with Gasteiger partial charge >= 0.3 is 6.03 Å². The number of nitrogens with zero attached hydrogens (tertiary/aromatic N) is 2. The number of aliphatic hydroxyl groups excluding tert-OH is 1. The molecule has 2 aliphatic rings. The number of nitrogens with one attached hydrogen (secondary N) is 1. The van der Waals surface area contributed by atoms with Crippen molar-refractivity contribution >= 4 is 6.03 Å². The first kappa shape index (κ1) is 18.5. The zero-order chi connectivity index (χ0) is 16.8. The lowest BCUT2D eigenvalue weighted by Gasteiger charge is -2.37. The first-order chi connectivity index (χ1) is 11.0. The van der Waals surface area contributed by atoms with Crippen molar-refractivity contribution in [1.29, 1.82) is 0 Å². The molecule has 5 heteroatoms. The molecular formula is C18H35N3O2. The van der Waals surface area contributed by atoms with E-state index in [1.54, 1.807) is 0 Å². The molecule has 1 heterocycles. The first-order valence-electron chi connectivity index (χ1n) is 9.36. The maximum atomic E-state index is 12.5. The van der Waals surface area contributed by atoms with Crippen molar-refractivity contribution in [1.82, 2.24) is 15.1 Å². The number of likely N-dealkylation sites (N-methyl/N-ethyl adjacent to an activating group) is 1. The standard InChI is InChI=1S/C18H35N3O2/c1-14(22)16-10-7-11-21(13-16)18(23)19-12-17(20(2)3)15-8-5-4-6-9-15/h14-17,22H,4-13H2,1-3H3,(H,19,23). The van der Waals surface area contributed by atoms with Crippen LogP contribution in [0.5, 0.6) is 0 Å². The van der Waals surface area contributed by atoms with Gasteiger partial charge in [0.1, 0.15) is 0 Å². The minimum Gasteiger partial charge on any atom is -0.393 e. The van der Waals surface area contributed by atoms with Gasteiger partial charge in [-0.2, -0.15) is 0 Å². The highest BCUT2D eigenvalue weighted by Gasteiger charge is 2.29. The summed E-state index contributed by atoms with van der Waals surface area (Å²) in [5.74, 6) is 0.920. The molecule has 2 fully saturated rings. The lowest BCUT2D eigenvalue weighted by atomic mass is 9.83. The van der Waals surface area contributed by atoms with Gasteiger partial charge in [-0.05, 0) is 52.6 Å². The van der Waals surface area contributed by atoms with Crippen molar-refractivity contribution in [2.75, 3.05) is 33.7 Å². The van der Waals surface area contributed by atoms with Gasteiger partial charge in [0.25, 0.3) is 0 Å². The van der Waals surface area contributed by atoms with Crippen molar-refractivity contribution in [2.24, 2.45) is 11.8 Å². The molecule has 1 saturated heterocycles. The molecule has 0 aromatic heterocycles. The molecule has 0 aromatic rings. The van der Waals surface area contributed by atoms with Crippen LogP contribution in [-0.4, -0.2) is 66.8 Å². The third-order valence-corrected chi connectivity index (χ3v) is 5.75. The smallest absolute Gasteiger partial charge is 0.317 e. The number of rotatable bonds is 5. The van der Waals surface area contributed by atoms with Crippen LogP contribution in [0.3, 0.4) is 0 Å². The van der Waals surface area contributed by atoms with Gasteiger partial charge in [0, 0.05) is 31.6 Å². The van der Waals surface area contributed by atoms with E-state index in [-0.39, 0.29) is 18.1 Å². The van der Waals surface area contributed by atoms with E-state index >= 15 is 0 Å². The second-order valence-corrected chi connectivity index (χ2v) is 7.70. The first-order valence-corrected chi connectivity index (χ1v) is 9.36. The van der Waals surface area contributed by atoms with E-state index in [0.717, 1.165) is 25.9 Å². The predicted octanol–water partition coefficient (Wildman–Crippen LogP) is 2.30. The van der Waals surface area contributed by atoms with Crippen molar-refractivity contribution in [2.45, 2.75) is 64.0 Å². The number of hydrogen-bond donors (Lipinski definition) is 2. The molecular weight excluding hydrogens is 290 g/mol. The van der Waals surface area contributed by atoms with Gasteiger partial charge in [-0.25, -0.2) is 4.79 Å². The van der Waals surface area contributed by atoms with E-state index in [9.17, 15) is 9.90 Å². The number of amides is 2. The van der Waals surface area contributed by atoms with E-state index in [1.807, 2.05) is 11.8 Å². The van der Waals surface area contributed by atoms with Gasteiger partial charge in [-0.15, -0.1) is 0 Å². The SMILES string of the molecule is CC(O)C1CCCN(C(=O)NCC(C2CCCCC2)N(C)C)C1. The van der Waals surface area contributed by atoms with Gasteiger partial charge in [-0.3, -0.25) is 0 Å². The maximum Gasteiger partial charge on any atom is 0.317 e. The fourth-order valence-corrected chi connectivity index (χ4v) is 4.18. The molecule has 2 rings (SSSR count). The van der Waals surface area contributed by atoms with Gasteiger partial charge in [0.15, 0.2) is 0 Å². The Morgan fingerprint density at radius 2 is 1.83 bits per heavy atom. The molecule has 0 spiro atoms. The molecule has 1 saturated carbocycles. The molecule has 2 N–H and O–H groups in total. The van der Waals surface area contributed by atoms with E-state index in [4.69, 9.17) is 0 Å². The third kappa shape index (κ3) is 5.35. The van der Waals surface area contributed by atoms with Crippen LogP contribution in [0, 0.1) is 11.8 Å². The van der Waals surface area contributed by atoms with Crippen LogP contribution in [0.2, 0.25) is 0 Å². The second kappa shape index (κ2) is 8.88. The minimum absolute atomic E-state index is 0.0398. The number of aliphatic hydroxyl groups is 1. The monoisotopic (exact) mass is 325 g/mol. The highest BCUT2D eigenvalue weighted by Crippen LogP contribution is 2.28. The lowest BCUT2D eigenvalue weighted by molar-refractivity contribution is 0.0729. The summed E-state index contributed by atoms with van der Waals surface area (Å²) in [6.07, 6.45) is 8.25. The fraction of sp³-hybridized carbons (Fsp3) is 0.944. The topological polar surface area (TPSA) is 55.8 Å². The molecule has 1 aliphatic heterocycles. The molecule has 1 aliphatic carbocycles. The zero-order valence-corrected chi connectivity index (χ0v) is 15.1. The summed E-state index contributed by atoms with van der Waals surface area (Å²) in [6, 6.07) is 0.467. The van der Waals surface area contributed by atoms with Crippen molar-refractivity contribution in [3.63, 3.8) is 0 Å². The third-order valence-electron chi connectivity index (χ3n) is 5.75. The van der Waals surface area contributed by atoms with E-state index < -0.39 is 0 Å². The van der Waals surface area contributed by atoms with E-state index in [2.05, 4.69) is 24.3 Å². The summed E-state index contributed by atoms with van der Waals surface area (Å²) in [4.78, 5) is 16.6. The molecule has 0 bridgehead atoms. The number of likely N-dealkylation sites (tertiary alicyclic amines) is 1. The zero-order valence-electron chi connectivity index (χ0n) is 15.1. The summed E-state index contributed by atoms with van der Waals surface area (Å²) in [7, 11) is 4.24. The Bertz CT molecular complexity index is 367. The van der Waals surface area contributed by atoms with Crippen LogP contribution < -0.4 is 5.32 Å². The summed E-state index contributed by atoms with van der Waals surface area (Å²) in [6.45, 7) is 4.05. The summed E-state index contributed by atoms with van der Waals surface area (Å²) in [5.41, 5.74) is 0. The number of carbonyl (C=O) groups excluding carboxylic acids is 1. The quantitative estimate of drug-likeness (QED) is 0.815. The van der Waals surface area contributed by atoms with E-state index in [1.165, 1.54) is 32.1 Å². The molecule has 3 unspecified atom stereocenters. The van der Waals surface area contributed by atoms with Crippen LogP contribution in [0.25, 0.3) is 0 Å². The molecule has 5 nitrogen and oxygen atoms in total. The van der Waals surface area contributed by atoms with E-state index in [0.29, 0.717) is 18.5 Å². The summed E-state index contributed by atoms with van der Waals surface area (Å²) < 4.78 is 0. The Kier molecular flexibility index (Phi) is 7.15. The fourth-order valence-electron chi connectivity index (χ4n) is 4.18. The Morgan fingerprint density at radius 3 is 2.43 bits per heavy atom. The van der Waals surface area contributed by atoms with Crippen molar-refractivity contribution in [3.8, 4) is 0 Å². The lowest BCUT2D eigenvalue weighted by Crippen LogP contribution is -2.51. The summed E-state index contributed by atoms with van der Waals surface area (Å²) in [5, 5.41) is 12.9. The van der Waals surface area contributed by atoms with Gasteiger partial charge in [0.05, 0.1) is 6.10 Å². The molecule has 2 amide bonds. The Balaban J connectivity index is 1.83.